The molecule has 0 aromatic heterocycles. The summed E-state index contributed by atoms with van der Waals surface area (Å²) in [6, 6.07) is 3.34. The molecule has 2 atom stereocenters. The largest absolute Gasteiger partial charge is 0.416 e. The molecule has 2 aliphatic heterocycles. The number of rotatable bonds is 3. The SMILES string of the molecule is O=C1CC(C(=O)N2CCCCC2CN2CCCC2)c2ccc(C(F)(F)F)cc21. The van der Waals surface area contributed by atoms with E-state index in [-0.39, 0.29) is 29.7 Å². The molecule has 2 unspecified atom stereocenters. The van der Waals surface area contributed by atoms with Crippen molar-refractivity contribution in [2.75, 3.05) is 26.2 Å². The molecule has 0 spiro atoms. The number of carbonyl (C=O) groups is 2. The topological polar surface area (TPSA) is 40.6 Å². The maximum absolute atomic E-state index is 13.3. The van der Waals surface area contributed by atoms with E-state index in [2.05, 4.69) is 4.90 Å². The lowest BCUT2D eigenvalue weighted by atomic mass is 9.94. The molecule has 1 aromatic rings. The monoisotopic (exact) mass is 394 g/mol. The average Bonchev–Trinajstić information content (AvgIpc) is 3.29. The lowest BCUT2D eigenvalue weighted by Crippen LogP contribution is -2.50. The molecule has 0 N–H and O–H groups in total. The van der Waals surface area contributed by atoms with E-state index < -0.39 is 17.7 Å². The molecule has 152 valence electrons. The van der Waals surface area contributed by atoms with Gasteiger partial charge in [-0.1, -0.05) is 6.07 Å². The molecule has 4 nitrogen and oxygen atoms in total. The predicted molar refractivity (Wildman–Crippen MR) is 98.2 cm³/mol. The van der Waals surface area contributed by atoms with Gasteiger partial charge in [-0.25, -0.2) is 0 Å². The molecular weight excluding hydrogens is 369 g/mol. The minimum absolute atomic E-state index is 0.0254. The summed E-state index contributed by atoms with van der Waals surface area (Å²) in [5.41, 5.74) is -0.327. The number of carbonyl (C=O) groups excluding carboxylic acids is 2. The first-order valence-electron chi connectivity index (χ1n) is 10.1. The number of likely N-dealkylation sites (tertiary alicyclic amines) is 2. The number of Topliss-reactive ketones (excluding diaryl/α,β-unsaturated/α-hetero) is 1. The van der Waals surface area contributed by atoms with Crippen LogP contribution in [0.3, 0.4) is 0 Å². The zero-order chi connectivity index (χ0) is 19.9. The van der Waals surface area contributed by atoms with E-state index in [4.69, 9.17) is 0 Å². The first-order valence-corrected chi connectivity index (χ1v) is 10.1. The number of alkyl halides is 3. The van der Waals surface area contributed by atoms with Crippen LogP contribution in [0.2, 0.25) is 0 Å². The van der Waals surface area contributed by atoms with Gasteiger partial charge in [0.15, 0.2) is 5.78 Å². The Hall–Kier alpha value is -1.89. The quantitative estimate of drug-likeness (QED) is 0.782. The number of hydrogen-bond acceptors (Lipinski definition) is 3. The van der Waals surface area contributed by atoms with Crippen LogP contribution in [-0.2, 0) is 11.0 Å². The zero-order valence-electron chi connectivity index (χ0n) is 15.8. The van der Waals surface area contributed by atoms with Crippen molar-refractivity contribution in [3.05, 3.63) is 34.9 Å². The molecule has 1 aliphatic carbocycles. The number of hydrogen-bond donors (Lipinski definition) is 0. The highest BCUT2D eigenvalue weighted by atomic mass is 19.4. The van der Waals surface area contributed by atoms with Crippen LogP contribution in [-0.4, -0.2) is 53.7 Å². The van der Waals surface area contributed by atoms with Crippen molar-refractivity contribution in [2.24, 2.45) is 0 Å². The molecule has 2 saturated heterocycles. The smallest absolute Gasteiger partial charge is 0.338 e. The van der Waals surface area contributed by atoms with Crippen molar-refractivity contribution in [2.45, 2.75) is 56.7 Å². The molecule has 28 heavy (non-hydrogen) atoms. The van der Waals surface area contributed by atoms with Gasteiger partial charge in [0, 0.05) is 31.1 Å². The van der Waals surface area contributed by atoms with Crippen molar-refractivity contribution in [3.63, 3.8) is 0 Å². The second-order valence-corrected chi connectivity index (χ2v) is 8.17. The third kappa shape index (κ3) is 3.69. The van der Waals surface area contributed by atoms with Gasteiger partial charge in [0.1, 0.15) is 0 Å². The number of piperidine rings is 1. The summed E-state index contributed by atoms with van der Waals surface area (Å²) in [5, 5.41) is 0. The van der Waals surface area contributed by atoms with E-state index >= 15 is 0 Å². The summed E-state index contributed by atoms with van der Waals surface area (Å²) in [6.07, 6.45) is 0.815. The van der Waals surface area contributed by atoms with E-state index in [1.807, 2.05) is 4.90 Å². The Balaban J connectivity index is 1.55. The molecule has 2 fully saturated rings. The van der Waals surface area contributed by atoms with Crippen LogP contribution >= 0.6 is 0 Å². The fourth-order valence-electron chi connectivity index (χ4n) is 4.85. The molecule has 3 aliphatic rings. The highest BCUT2D eigenvalue weighted by molar-refractivity contribution is 6.07. The first kappa shape index (κ1) is 19.4. The van der Waals surface area contributed by atoms with Gasteiger partial charge < -0.3 is 9.80 Å². The fraction of sp³-hybridized carbons (Fsp3) is 0.619. The van der Waals surface area contributed by atoms with E-state index in [1.165, 1.54) is 18.9 Å². The highest BCUT2D eigenvalue weighted by Crippen LogP contribution is 2.39. The van der Waals surface area contributed by atoms with Gasteiger partial charge in [0.2, 0.25) is 5.91 Å². The van der Waals surface area contributed by atoms with Crippen LogP contribution < -0.4 is 0 Å². The molecule has 0 radical (unpaired) electrons. The molecule has 1 aromatic carbocycles. The van der Waals surface area contributed by atoms with Crippen LogP contribution in [0.4, 0.5) is 13.2 Å². The van der Waals surface area contributed by atoms with Crippen LogP contribution in [0.1, 0.15) is 65.9 Å². The van der Waals surface area contributed by atoms with E-state index in [1.54, 1.807) is 0 Å². The Bertz CT molecular complexity index is 771. The Morgan fingerprint density at radius 2 is 1.79 bits per heavy atom. The first-order chi connectivity index (χ1) is 13.3. The molecule has 2 heterocycles. The maximum atomic E-state index is 13.3. The van der Waals surface area contributed by atoms with Gasteiger partial charge >= 0.3 is 6.18 Å². The van der Waals surface area contributed by atoms with E-state index in [0.717, 1.165) is 51.0 Å². The van der Waals surface area contributed by atoms with Crippen LogP contribution in [0.5, 0.6) is 0 Å². The van der Waals surface area contributed by atoms with Crippen molar-refractivity contribution in [3.8, 4) is 0 Å². The normalized spacial score (nSPS) is 26.0. The van der Waals surface area contributed by atoms with Gasteiger partial charge in [0.05, 0.1) is 11.5 Å². The Morgan fingerprint density at radius 1 is 1.07 bits per heavy atom. The molecular formula is C21H25F3N2O2. The number of ketones is 1. The molecule has 0 saturated carbocycles. The fourth-order valence-corrected chi connectivity index (χ4v) is 4.85. The summed E-state index contributed by atoms with van der Waals surface area (Å²) >= 11 is 0. The van der Waals surface area contributed by atoms with Crippen LogP contribution in [0, 0.1) is 0 Å². The summed E-state index contributed by atoms with van der Waals surface area (Å²) in [4.78, 5) is 29.9. The van der Waals surface area contributed by atoms with Crippen molar-refractivity contribution >= 4 is 11.7 Å². The summed E-state index contributed by atoms with van der Waals surface area (Å²) < 4.78 is 39.0. The molecule has 4 rings (SSSR count). The van der Waals surface area contributed by atoms with Gasteiger partial charge in [0.25, 0.3) is 0 Å². The van der Waals surface area contributed by atoms with Crippen LogP contribution in [0.15, 0.2) is 18.2 Å². The molecule has 1 amide bonds. The standard InChI is InChI=1S/C21H25F3N2O2/c22-21(23,24)14-6-7-16-17(11-14)19(27)12-18(16)20(28)26-10-2-1-5-15(26)13-25-8-3-4-9-25/h6-7,11,15,18H,1-5,8-10,12-13H2. The predicted octanol–water partition coefficient (Wildman–Crippen LogP) is 3.85. The number of nitrogens with zero attached hydrogens (tertiary/aromatic N) is 2. The lowest BCUT2D eigenvalue weighted by molar-refractivity contribution is -0.137. The van der Waals surface area contributed by atoms with Gasteiger partial charge in [-0.3, -0.25) is 9.59 Å². The van der Waals surface area contributed by atoms with Crippen LogP contribution in [0.25, 0.3) is 0 Å². The highest BCUT2D eigenvalue weighted by Gasteiger charge is 2.41. The minimum Gasteiger partial charge on any atom is -0.338 e. The third-order valence-electron chi connectivity index (χ3n) is 6.32. The summed E-state index contributed by atoms with van der Waals surface area (Å²) in [7, 11) is 0. The van der Waals surface area contributed by atoms with E-state index in [9.17, 15) is 22.8 Å². The van der Waals surface area contributed by atoms with E-state index in [0.29, 0.717) is 12.1 Å². The number of benzene rings is 1. The zero-order valence-corrected chi connectivity index (χ0v) is 15.8. The third-order valence-corrected chi connectivity index (χ3v) is 6.32. The van der Waals surface area contributed by atoms with Crippen molar-refractivity contribution in [1.82, 2.24) is 9.80 Å². The Morgan fingerprint density at radius 3 is 2.50 bits per heavy atom. The van der Waals surface area contributed by atoms with Gasteiger partial charge in [-0.2, -0.15) is 13.2 Å². The van der Waals surface area contributed by atoms with Gasteiger partial charge in [-0.15, -0.1) is 0 Å². The van der Waals surface area contributed by atoms with Crippen molar-refractivity contribution < 1.29 is 22.8 Å². The average molecular weight is 394 g/mol. The van der Waals surface area contributed by atoms with Gasteiger partial charge in [-0.05, 0) is 62.9 Å². The minimum atomic E-state index is -4.49. The Kier molecular flexibility index (Phi) is 5.21. The summed E-state index contributed by atoms with van der Waals surface area (Å²) in [5.74, 6) is -1.12. The second kappa shape index (κ2) is 7.50. The number of halogens is 3. The number of amides is 1. The number of fused-ring (bicyclic) bond motifs is 1. The lowest BCUT2D eigenvalue weighted by Gasteiger charge is -2.39. The summed E-state index contributed by atoms with van der Waals surface area (Å²) in [6.45, 7) is 3.64. The van der Waals surface area contributed by atoms with Crippen molar-refractivity contribution in [1.29, 1.82) is 0 Å². The Labute approximate surface area is 162 Å². The maximum Gasteiger partial charge on any atom is 0.416 e. The molecule has 7 heteroatoms. The second-order valence-electron chi connectivity index (χ2n) is 8.17. The molecule has 0 bridgehead atoms.